The third kappa shape index (κ3) is 6.27. The first kappa shape index (κ1) is 22.7. The van der Waals surface area contributed by atoms with Crippen LogP contribution in [0.4, 0.5) is 9.52 Å². The molecule has 14 heteroatoms. The molecule has 2 heterocycles. The standard InChI is InChI=1S/C17H18FN5O6S2/c18-13-7-20-17(30-13)22-16(25)15(23-29-11-5-6-28-9-11)10-1-3-12(4-2-10)31(26,27)21-8-14(19)24/h1-4,7,11,21H,5-6,8-9H2,(H2,19,24)(H,20,22,25)/b23-15+/t11-/m1/s1. The molecule has 11 nitrogen and oxygen atoms in total. The number of nitrogens with one attached hydrogen (secondary N) is 2. The molecule has 4 N–H and O–H groups in total. The van der Waals surface area contributed by atoms with Crippen molar-refractivity contribution in [3.05, 3.63) is 41.2 Å². The van der Waals surface area contributed by atoms with E-state index in [1.54, 1.807) is 0 Å². The molecule has 1 atom stereocenters. The molecule has 1 aromatic carbocycles. The van der Waals surface area contributed by atoms with Crippen molar-refractivity contribution in [2.24, 2.45) is 10.9 Å². The number of hydrogen-bond acceptors (Lipinski definition) is 9. The van der Waals surface area contributed by atoms with Gasteiger partial charge < -0.3 is 15.3 Å². The summed E-state index contributed by atoms with van der Waals surface area (Å²) in [5.74, 6) is -1.56. The molecule has 0 aliphatic carbocycles. The molecule has 1 aliphatic rings. The van der Waals surface area contributed by atoms with Crippen LogP contribution < -0.4 is 15.8 Å². The lowest BCUT2D eigenvalue weighted by Gasteiger charge is -2.10. The van der Waals surface area contributed by atoms with Crippen molar-refractivity contribution in [3.8, 4) is 0 Å². The van der Waals surface area contributed by atoms with Crippen molar-refractivity contribution in [1.29, 1.82) is 0 Å². The topological polar surface area (TPSA) is 162 Å². The zero-order valence-corrected chi connectivity index (χ0v) is 17.5. The highest BCUT2D eigenvalue weighted by molar-refractivity contribution is 7.89. The fourth-order valence-corrected chi connectivity index (χ4v) is 3.99. The first-order valence-corrected chi connectivity index (χ1v) is 11.2. The number of aromatic nitrogens is 1. The summed E-state index contributed by atoms with van der Waals surface area (Å²) in [5.41, 5.74) is 5.02. The van der Waals surface area contributed by atoms with Gasteiger partial charge in [-0.25, -0.2) is 18.1 Å². The number of hydrogen-bond donors (Lipinski definition) is 3. The summed E-state index contributed by atoms with van der Waals surface area (Å²) in [6.07, 6.45) is 1.22. The van der Waals surface area contributed by atoms with E-state index in [-0.39, 0.29) is 27.4 Å². The number of primary amides is 1. The van der Waals surface area contributed by atoms with Crippen LogP contribution in [0, 0.1) is 5.13 Å². The number of nitrogens with two attached hydrogens (primary N) is 1. The fraction of sp³-hybridized carbons (Fsp3) is 0.294. The summed E-state index contributed by atoms with van der Waals surface area (Å²) in [5, 5.41) is 5.78. The SMILES string of the molecule is NC(=O)CNS(=O)(=O)c1ccc(/C(=N\O[C@@H]2CCOC2)C(=O)Nc2ncc(F)s2)cc1. The summed E-state index contributed by atoms with van der Waals surface area (Å²) < 4.78 is 44.8. The van der Waals surface area contributed by atoms with Crippen LogP contribution in [0.3, 0.4) is 0 Å². The van der Waals surface area contributed by atoms with E-state index in [1.165, 1.54) is 24.3 Å². The summed E-state index contributed by atoms with van der Waals surface area (Å²) in [6.45, 7) is 0.268. The number of anilines is 1. The number of thiazole rings is 1. The van der Waals surface area contributed by atoms with Crippen LogP contribution in [0.5, 0.6) is 0 Å². The maximum Gasteiger partial charge on any atom is 0.280 e. The number of carbonyl (C=O) groups excluding carboxylic acids is 2. The van der Waals surface area contributed by atoms with Gasteiger partial charge in [0.05, 0.1) is 30.9 Å². The van der Waals surface area contributed by atoms with Gasteiger partial charge in [-0.3, -0.25) is 14.9 Å². The number of benzene rings is 1. The molecule has 1 aromatic heterocycles. The van der Waals surface area contributed by atoms with Crippen molar-refractivity contribution < 1.29 is 32.0 Å². The second kappa shape index (κ2) is 9.91. The molecular formula is C17H18FN5O6S2. The number of nitrogens with zero attached hydrogens (tertiary/aromatic N) is 2. The molecule has 0 unspecified atom stereocenters. The van der Waals surface area contributed by atoms with Gasteiger partial charge in [0.15, 0.2) is 22.1 Å². The Kier molecular flexibility index (Phi) is 7.27. The van der Waals surface area contributed by atoms with Crippen molar-refractivity contribution in [3.63, 3.8) is 0 Å². The summed E-state index contributed by atoms with van der Waals surface area (Å²) in [6, 6.07) is 5.13. The van der Waals surface area contributed by atoms with Crippen LogP contribution in [0.1, 0.15) is 12.0 Å². The monoisotopic (exact) mass is 471 g/mol. The second-order valence-corrected chi connectivity index (χ2v) is 9.02. The maximum absolute atomic E-state index is 13.2. The lowest BCUT2D eigenvalue weighted by atomic mass is 10.1. The Balaban J connectivity index is 1.83. The Bertz CT molecular complexity index is 1080. The minimum atomic E-state index is -3.98. The maximum atomic E-state index is 13.2. The number of carbonyl (C=O) groups is 2. The Morgan fingerprint density at radius 2 is 2.10 bits per heavy atom. The van der Waals surface area contributed by atoms with Gasteiger partial charge >= 0.3 is 0 Å². The Morgan fingerprint density at radius 1 is 1.35 bits per heavy atom. The fourth-order valence-electron chi connectivity index (χ4n) is 2.46. The van der Waals surface area contributed by atoms with Gasteiger partial charge in [0.2, 0.25) is 15.9 Å². The van der Waals surface area contributed by atoms with E-state index in [0.29, 0.717) is 31.0 Å². The quantitative estimate of drug-likeness (QED) is 0.347. The minimum Gasteiger partial charge on any atom is -0.389 e. The third-order valence-corrected chi connectivity index (χ3v) is 6.09. The number of amides is 2. The number of oxime groups is 1. The zero-order chi connectivity index (χ0) is 22.4. The van der Waals surface area contributed by atoms with E-state index in [2.05, 4.69) is 20.2 Å². The van der Waals surface area contributed by atoms with E-state index in [0.717, 1.165) is 6.20 Å². The highest BCUT2D eigenvalue weighted by Crippen LogP contribution is 2.18. The highest BCUT2D eigenvalue weighted by atomic mass is 32.2. The van der Waals surface area contributed by atoms with Crippen LogP contribution in [-0.4, -0.2) is 56.8 Å². The largest absolute Gasteiger partial charge is 0.389 e. The number of rotatable bonds is 9. The molecule has 0 saturated carbocycles. The molecule has 0 bridgehead atoms. The summed E-state index contributed by atoms with van der Waals surface area (Å²) in [4.78, 5) is 32.5. The predicted molar refractivity (Wildman–Crippen MR) is 108 cm³/mol. The first-order valence-electron chi connectivity index (χ1n) is 8.87. The third-order valence-electron chi connectivity index (χ3n) is 3.97. The van der Waals surface area contributed by atoms with Crippen LogP contribution in [0.25, 0.3) is 0 Å². The Hall–Kier alpha value is -2.94. The Labute approximate surface area is 180 Å². The number of halogens is 1. The highest BCUT2D eigenvalue weighted by Gasteiger charge is 2.22. The predicted octanol–water partition coefficient (Wildman–Crippen LogP) is 0.194. The average Bonchev–Trinajstić information content (AvgIpc) is 3.39. The molecular weight excluding hydrogens is 453 g/mol. The number of ether oxygens (including phenoxy) is 1. The smallest absolute Gasteiger partial charge is 0.280 e. The van der Waals surface area contributed by atoms with Crippen LogP contribution in [-0.2, 0) is 29.2 Å². The lowest BCUT2D eigenvalue weighted by Crippen LogP contribution is -2.33. The van der Waals surface area contributed by atoms with Crippen molar-refractivity contribution in [1.82, 2.24) is 9.71 Å². The van der Waals surface area contributed by atoms with Gasteiger partial charge in [-0.1, -0.05) is 28.6 Å². The molecule has 0 radical (unpaired) electrons. The van der Waals surface area contributed by atoms with Crippen LogP contribution >= 0.6 is 11.3 Å². The molecule has 2 aromatic rings. The number of sulfonamides is 1. The summed E-state index contributed by atoms with van der Waals surface area (Å²) >= 11 is 0.635. The van der Waals surface area contributed by atoms with Gasteiger partial charge in [-0.15, -0.1) is 0 Å². The molecule has 1 fully saturated rings. The van der Waals surface area contributed by atoms with E-state index < -0.39 is 33.5 Å². The summed E-state index contributed by atoms with van der Waals surface area (Å²) in [7, 11) is -3.98. The van der Waals surface area contributed by atoms with Gasteiger partial charge in [0.25, 0.3) is 5.91 Å². The van der Waals surface area contributed by atoms with E-state index >= 15 is 0 Å². The van der Waals surface area contributed by atoms with Crippen molar-refractivity contribution in [2.45, 2.75) is 17.4 Å². The minimum absolute atomic E-state index is 0.0225. The zero-order valence-electron chi connectivity index (χ0n) is 15.9. The molecule has 1 saturated heterocycles. The van der Waals surface area contributed by atoms with Crippen LogP contribution in [0.15, 0.2) is 40.5 Å². The molecule has 2 amide bonds. The normalized spacial score (nSPS) is 16.8. The van der Waals surface area contributed by atoms with Crippen LogP contribution in [0.2, 0.25) is 0 Å². The molecule has 31 heavy (non-hydrogen) atoms. The second-order valence-electron chi connectivity index (χ2n) is 6.27. The van der Waals surface area contributed by atoms with Gasteiger partial charge in [-0.2, -0.15) is 4.39 Å². The lowest BCUT2D eigenvalue weighted by molar-refractivity contribution is -0.117. The molecule has 166 valence electrons. The van der Waals surface area contributed by atoms with Gasteiger partial charge in [0, 0.05) is 12.0 Å². The molecule has 3 rings (SSSR count). The molecule has 1 aliphatic heterocycles. The van der Waals surface area contributed by atoms with Crippen molar-refractivity contribution in [2.75, 3.05) is 25.1 Å². The Morgan fingerprint density at radius 3 is 2.68 bits per heavy atom. The average molecular weight is 471 g/mol. The first-order chi connectivity index (χ1) is 14.7. The van der Waals surface area contributed by atoms with E-state index in [1.807, 2.05) is 0 Å². The van der Waals surface area contributed by atoms with Gasteiger partial charge in [0.1, 0.15) is 0 Å². The van der Waals surface area contributed by atoms with Gasteiger partial charge in [-0.05, 0) is 12.1 Å². The van der Waals surface area contributed by atoms with Crippen molar-refractivity contribution >= 4 is 44.0 Å². The molecule has 0 spiro atoms. The van der Waals surface area contributed by atoms with E-state index in [4.69, 9.17) is 15.3 Å². The van der Waals surface area contributed by atoms with E-state index in [9.17, 15) is 22.4 Å².